The van der Waals surface area contributed by atoms with Gasteiger partial charge >= 0.3 is 0 Å². The van der Waals surface area contributed by atoms with Crippen molar-refractivity contribution in [3.05, 3.63) is 47.5 Å². The Labute approximate surface area is 183 Å². The molecule has 2 heterocycles. The van der Waals surface area contributed by atoms with Gasteiger partial charge in [0, 0.05) is 24.7 Å². The maximum absolute atomic E-state index is 13.3. The number of aromatic nitrogens is 3. The maximum atomic E-state index is 13.3. The summed E-state index contributed by atoms with van der Waals surface area (Å²) >= 11 is 6.01. The van der Waals surface area contributed by atoms with Crippen molar-refractivity contribution in [3.63, 3.8) is 0 Å². The van der Waals surface area contributed by atoms with Gasteiger partial charge in [-0.15, -0.1) is 0 Å². The average Bonchev–Trinajstić information content (AvgIpc) is 3.27. The maximum Gasteiger partial charge on any atom is 0.246 e. The summed E-state index contributed by atoms with van der Waals surface area (Å²) in [7, 11) is 0. The van der Waals surface area contributed by atoms with Gasteiger partial charge in [-0.1, -0.05) is 43.0 Å². The van der Waals surface area contributed by atoms with Crippen LogP contribution in [0.25, 0.3) is 0 Å². The van der Waals surface area contributed by atoms with Crippen molar-refractivity contribution in [3.8, 4) is 0 Å². The summed E-state index contributed by atoms with van der Waals surface area (Å²) < 4.78 is 1.98. The molecule has 0 bridgehead atoms. The predicted octanol–water partition coefficient (Wildman–Crippen LogP) is 3.99. The predicted molar refractivity (Wildman–Crippen MR) is 118 cm³/mol. The normalized spacial score (nSPS) is 21.9. The molecule has 2 N–H and O–H groups in total. The number of carbonyl (C=O) groups excluding carboxylic acids is 1. The number of nitrogens with zero attached hydrogens (tertiary/aromatic N) is 4. The number of nitrogens with two attached hydrogens (primary N) is 1. The van der Waals surface area contributed by atoms with Crippen LogP contribution in [-0.4, -0.2) is 38.7 Å². The van der Waals surface area contributed by atoms with Crippen LogP contribution in [0.15, 0.2) is 36.9 Å². The summed E-state index contributed by atoms with van der Waals surface area (Å²) in [5, 5.41) is 5.03. The van der Waals surface area contributed by atoms with E-state index in [1.807, 2.05) is 28.0 Å². The topological polar surface area (TPSA) is 77.0 Å². The average molecular weight is 430 g/mol. The third kappa shape index (κ3) is 4.26. The highest BCUT2D eigenvalue weighted by molar-refractivity contribution is 6.30. The molecular weight excluding hydrogens is 398 g/mol. The van der Waals surface area contributed by atoms with Crippen molar-refractivity contribution < 1.29 is 4.79 Å². The van der Waals surface area contributed by atoms with Crippen molar-refractivity contribution >= 4 is 17.5 Å². The van der Waals surface area contributed by atoms with Crippen molar-refractivity contribution in [2.75, 3.05) is 13.1 Å². The molecular formula is C23H32ClN5O. The molecule has 1 atom stereocenters. The van der Waals surface area contributed by atoms with Gasteiger partial charge in [-0.25, -0.2) is 4.98 Å². The van der Waals surface area contributed by atoms with Crippen LogP contribution >= 0.6 is 11.6 Å². The number of hydrogen-bond acceptors (Lipinski definition) is 4. The molecule has 6 nitrogen and oxygen atoms in total. The molecule has 1 unspecified atom stereocenters. The number of halogens is 1. The van der Waals surface area contributed by atoms with E-state index in [0.717, 1.165) is 38.0 Å². The number of rotatable bonds is 5. The minimum Gasteiger partial charge on any atom is -0.341 e. The summed E-state index contributed by atoms with van der Waals surface area (Å²) in [6, 6.07) is 7.28. The first kappa shape index (κ1) is 21.3. The van der Waals surface area contributed by atoms with Crippen LogP contribution in [0, 0.1) is 11.3 Å². The third-order valence-corrected chi connectivity index (χ3v) is 7.60. The highest BCUT2D eigenvalue weighted by atomic mass is 35.5. The second-order valence-corrected chi connectivity index (χ2v) is 9.73. The molecule has 1 aromatic heterocycles. The molecule has 0 spiro atoms. The molecule has 1 aliphatic heterocycles. The van der Waals surface area contributed by atoms with E-state index in [1.54, 1.807) is 25.4 Å². The van der Waals surface area contributed by atoms with Crippen molar-refractivity contribution in [2.24, 2.45) is 17.1 Å². The highest BCUT2D eigenvalue weighted by Crippen LogP contribution is 2.47. The van der Waals surface area contributed by atoms with Gasteiger partial charge in [0.15, 0.2) is 0 Å². The summed E-state index contributed by atoms with van der Waals surface area (Å²) in [5.41, 5.74) is 6.44. The Morgan fingerprint density at radius 3 is 2.47 bits per heavy atom. The van der Waals surface area contributed by atoms with E-state index >= 15 is 0 Å². The zero-order chi connectivity index (χ0) is 21.2. The molecule has 2 aliphatic rings. The first-order valence-corrected chi connectivity index (χ1v) is 11.5. The van der Waals surface area contributed by atoms with E-state index < -0.39 is 5.54 Å². The van der Waals surface area contributed by atoms with Gasteiger partial charge in [0.05, 0.1) is 0 Å². The van der Waals surface area contributed by atoms with Crippen molar-refractivity contribution in [1.82, 2.24) is 19.7 Å². The van der Waals surface area contributed by atoms with E-state index in [0.29, 0.717) is 10.9 Å². The third-order valence-electron chi connectivity index (χ3n) is 7.35. The molecule has 162 valence electrons. The molecule has 7 heteroatoms. The second kappa shape index (κ2) is 8.67. The Morgan fingerprint density at radius 1 is 1.20 bits per heavy atom. The molecule has 0 radical (unpaired) electrons. The number of hydrogen-bond donors (Lipinski definition) is 1. The first-order chi connectivity index (χ1) is 14.4. The number of piperidine rings is 1. The summed E-state index contributed by atoms with van der Waals surface area (Å²) in [6.45, 7) is 4.17. The summed E-state index contributed by atoms with van der Waals surface area (Å²) in [6.07, 6.45) is 11.9. The standard InChI is InChI=1S/C23H32ClN5O/c1-22(25,18-7-9-20(24)10-8-18)21(30)28-13-11-23(12-14-28,15-29-17-26-16-27-29)19-5-3-2-4-6-19/h7-10,16-17,19H,2-6,11-15,25H2,1H3. The second-order valence-electron chi connectivity index (χ2n) is 9.29. The van der Waals surface area contributed by atoms with E-state index in [1.165, 1.54) is 32.1 Å². The van der Waals surface area contributed by atoms with Gasteiger partial charge in [-0.3, -0.25) is 9.48 Å². The minimum atomic E-state index is -1.05. The lowest BCUT2D eigenvalue weighted by molar-refractivity contribution is -0.140. The Kier molecular flexibility index (Phi) is 6.16. The Balaban J connectivity index is 1.49. The zero-order valence-electron chi connectivity index (χ0n) is 17.8. The largest absolute Gasteiger partial charge is 0.341 e. The summed E-state index contributed by atoms with van der Waals surface area (Å²) in [5.74, 6) is 0.677. The van der Waals surface area contributed by atoms with E-state index in [9.17, 15) is 4.79 Å². The summed E-state index contributed by atoms with van der Waals surface area (Å²) in [4.78, 5) is 19.4. The van der Waals surface area contributed by atoms with Crippen LogP contribution < -0.4 is 5.73 Å². The number of carbonyl (C=O) groups is 1. The number of likely N-dealkylation sites (tertiary alicyclic amines) is 1. The van der Waals surface area contributed by atoms with Crippen LogP contribution in [0.5, 0.6) is 0 Å². The van der Waals surface area contributed by atoms with Crippen molar-refractivity contribution in [2.45, 2.75) is 64.0 Å². The Hall–Kier alpha value is -1.92. The van der Waals surface area contributed by atoms with Gasteiger partial charge in [0.25, 0.3) is 0 Å². The van der Waals surface area contributed by atoms with Gasteiger partial charge in [-0.2, -0.15) is 5.10 Å². The van der Waals surface area contributed by atoms with Crippen molar-refractivity contribution in [1.29, 1.82) is 0 Å². The van der Waals surface area contributed by atoms with Crippen LogP contribution in [0.2, 0.25) is 5.02 Å². The Bertz CT molecular complexity index is 835. The quantitative estimate of drug-likeness (QED) is 0.779. The molecule has 1 aliphatic carbocycles. The van der Waals surface area contributed by atoms with Gasteiger partial charge in [-0.05, 0) is 61.6 Å². The van der Waals surface area contributed by atoms with Crippen LogP contribution in [-0.2, 0) is 16.9 Å². The Morgan fingerprint density at radius 2 is 1.87 bits per heavy atom. The van der Waals surface area contributed by atoms with Crippen LogP contribution in [0.4, 0.5) is 0 Å². The van der Waals surface area contributed by atoms with Gasteiger partial charge < -0.3 is 10.6 Å². The molecule has 1 saturated carbocycles. The van der Waals surface area contributed by atoms with E-state index in [-0.39, 0.29) is 11.3 Å². The molecule has 4 rings (SSSR count). The number of amides is 1. The number of benzene rings is 1. The molecule has 2 fully saturated rings. The van der Waals surface area contributed by atoms with Gasteiger partial charge in [0.2, 0.25) is 5.91 Å². The molecule has 1 amide bonds. The molecule has 1 aromatic carbocycles. The van der Waals surface area contributed by atoms with Crippen LogP contribution in [0.1, 0.15) is 57.4 Å². The van der Waals surface area contributed by atoms with E-state index in [4.69, 9.17) is 17.3 Å². The zero-order valence-corrected chi connectivity index (χ0v) is 18.5. The lowest BCUT2D eigenvalue weighted by Crippen LogP contribution is -2.55. The first-order valence-electron chi connectivity index (χ1n) is 11.1. The highest BCUT2D eigenvalue weighted by Gasteiger charge is 2.45. The SMILES string of the molecule is CC(N)(C(=O)N1CCC(Cn2cncn2)(C2CCCCC2)CC1)c1ccc(Cl)cc1. The fourth-order valence-electron chi connectivity index (χ4n) is 5.45. The lowest BCUT2D eigenvalue weighted by Gasteiger charge is -2.49. The molecule has 2 aromatic rings. The fraction of sp³-hybridized carbons (Fsp3) is 0.609. The monoisotopic (exact) mass is 429 g/mol. The van der Waals surface area contributed by atoms with Gasteiger partial charge in [0.1, 0.15) is 18.2 Å². The minimum absolute atomic E-state index is 0.0113. The van der Waals surface area contributed by atoms with Crippen LogP contribution in [0.3, 0.4) is 0 Å². The molecule has 1 saturated heterocycles. The lowest BCUT2D eigenvalue weighted by atomic mass is 9.63. The smallest absolute Gasteiger partial charge is 0.246 e. The fourth-order valence-corrected chi connectivity index (χ4v) is 5.58. The van der Waals surface area contributed by atoms with E-state index in [2.05, 4.69) is 10.1 Å². The molecule has 30 heavy (non-hydrogen) atoms.